The molecule has 35 heavy (non-hydrogen) atoms. The van der Waals surface area contributed by atoms with E-state index >= 15 is 0 Å². The average molecular weight is 501 g/mol. The number of rotatable bonds is 9. The maximum absolute atomic E-state index is 12.5. The Morgan fingerprint density at radius 2 is 1.66 bits per heavy atom. The molecule has 2 rings (SSSR count). The molecule has 2 heterocycles. The lowest BCUT2D eigenvalue weighted by Gasteiger charge is -2.45. The molecule has 1 fully saturated rings. The number of hydrogen-bond donors (Lipinski definition) is 1. The van der Waals surface area contributed by atoms with Gasteiger partial charge in [0, 0.05) is 40.8 Å². The summed E-state index contributed by atoms with van der Waals surface area (Å²) in [6.07, 6.45) is -2.38. The fraction of sp³-hybridized carbons (Fsp3) is 0.682. The summed E-state index contributed by atoms with van der Waals surface area (Å²) in [6.45, 7) is 6.09. The molecule has 13 nitrogen and oxygen atoms in total. The van der Waals surface area contributed by atoms with Crippen molar-refractivity contribution < 1.29 is 52.4 Å². The molecule has 1 saturated heterocycles. The first-order valence-electron chi connectivity index (χ1n) is 11.1. The standard InChI is InChI=1S/C22H32N2O11/c1-12(25)23-19-16(24-6-8-31-9-7-24)10-17(22(29)30-5)35-21(19)20(34-15(4)28)18(33-14(3)27)11-32-13(2)26/h10,16,18-21H,6-9,11H2,1-5H3,(H,23,25)/t16-,18+,19+,20+,21+/m0/s1. The summed E-state index contributed by atoms with van der Waals surface area (Å²) < 4.78 is 32.0. The molecule has 0 aromatic carbocycles. The fourth-order valence-corrected chi connectivity index (χ4v) is 3.97. The number of hydrogen-bond acceptors (Lipinski definition) is 12. The Hall–Kier alpha value is -3.19. The number of esters is 4. The summed E-state index contributed by atoms with van der Waals surface area (Å²) in [4.78, 5) is 62.0. The Bertz CT molecular complexity index is 837. The molecule has 0 aliphatic carbocycles. The molecule has 196 valence electrons. The van der Waals surface area contributed by atoms with Crippen LogP contribution in [0.25, 0.3) is 0 Å². The lowest BCUT2D eigenvalue weighted by Crippen LogP contribution is -2.65. The molecule has 0 saturated carbocycles. The average Bonchev–Trinajstić information content (AvgIpc) is 2.79. The van der Waals surface area contributed by atoms with Gasteiger partial charge in [0.1, 0.15) is 6.61 Å². The highest BCUT2D eigenvalue weighted by Gasteiger charge is 2.49. The Morgan fingerprint density at radius 3 is 2.17 bits per heavy atom. The Balaban J connectivity index is 2.58. The summed E-state index contributed by atoms with van der Waals surface area (Å²) in [5.41, 5.74) is 0. The summed E-state index contributed by atoms with van der Waals surface area (Å²) in [6, 6.07) is -1.46. The first-order chi connectivity index (χ1) is 16.5. The van der Waals surface area contributed by atoms with Gasteiger partial charge in [-0.2, -0.15) is 0 Å². The summed E-state index contributed by atoms with van der Waals surface area (Å²) in [5.74, 6) is -3.53. The Kier molecular flexibility index (Phi) is 10.5. The number of morpholine rings is 1. The van der Waals surface area contributed by atoms with Gasteiger partial charge in [-0.1, -0.05) is 0 Å². The van der Waals surface area contributed by atoms with Crippen molar-refractivity contribution in [2.24, 2.45) is 0 Å². The molecule has 5 atom stereocenters. The van der Waals surface area contributed by atoms with Crippen molar-refractivity contribution in [1.29, 1.82) is 0 Å². The largest absolute Gasteiger partial charge is 0.477 e. The number of carbonyl (C=O) groups excluding carboxylic acids is 5. The van der Waals surface area contributed by atoms with Crippen LogP contribution in [-0.4, -0.2) is 105 Å². The second-order valence-corrected chi connectivity index (χ2v) is 7.99. The molecule has 2 aliphatic heterocycles. The zero-order valence-electron chi connectivity index (χ0n) is 20.4. The second-order valence-electron chi connectivity index (χ2n) is 7.99. The van der Waals surface area contributed by atoms with E-state index < -0.39 is 66.8 Å². The van der Waals surface area contributed by atoms with Crippen LogP contribution >= 0.6 is 0 Å². The minimum atomic E-state index is -1.37. The molecule has 0 aromatic heterocycles. The monoisotopic (exact) mass is 500 g/mol. The number of amides is 1. The fourth-order valence-electron chi connectivity index (χ4n) is 3.97. The first-order valence-corrected chi connectivity index (χ1v) is 11.1. The van der Waals surface area contributed by atoms with E-state index in [1.165, 1.54) is 20.1 Å². The van der Waals surface area contributed by atoms with Gasteiger partial charge in [0.15, 0.2) is 18.3 Å². The van der Waals surface area contributed by atoms with Gasteiger partial charge in [-0.25, -0.2) is 4.79 Å². The molecule has 1 N–H and O–H groups in total. The summed E-state index contributed by atoms with van der Waals surface area (Å²) >= 11 is 0. The van der Waals surface area contributed by atoms with Crippen LogP contribution < -0.4 is 5.32 Å². The molecular formula is C22H32N2O11. The topological polar surface area (TPSA) is 156 Å². The predicted octanol–water partition coefficient (Wildman–Crippen LogP) is -0.926. The number of carbonyl (C=O) groups is 5. The van der Waals surface area contributed by atoms with E-state index in [9.17, 15) is 24.0 Å². The van der Waals surface area contributed by atoms with Crippen molar-refractivity contribution in [2.45, 2.75) is 58.1 Å². The van der Waals surface area contributed by atoms with Crippen molar-refractivity contribution in [1.82, 2.24) is 10.2 Å². The van der Waals surface area contributed by atoms with Crippen molar-refractivity contribution in [3.8, 4) is 0 Å². The zero-order valence-corrected chi connectivity index (χ0v) is 20.4. The van der Waals surface area contributed by atoms with Gasteiger partial charge < -0.3 is 33.7 Å². The highest BCUT2D eigenvalue weighted by atomic mass is 16.6. The molecule has 0 bridgehead atoms. The van der Waals surface area contributed by atoms with Crippen molar-refractivity contribution in [2.75, 3.05) is 40.0 Å². The molecule has 0 unspecified atom stereocenters. The van der Waals surface area contributed by atoms with Crippen LogP contribution in [0.15, 0.2) is 11.8 Å². The molecular weight excluding hydrogens is 468 g/mol. The third-order valence-electron chi connectivity index (χ3n) is 5.29. The van der Waals surface area contributed by atoms with Gasteiger partial charge >= 0.3 is 23.9 Å². The normalized spacial score (nSPS) is 24.0. The minimum Gasteiger partial charge on any atom is -0.477 e. The molecule has 13 heteroatoms. The van der Waals surface area contributed by atoms with Crippen LogP contribution in [0.1, 0.15) is 27.7 Å². The first kappa shape index (κ1) is 28.1. The van der Waals surface area contributed by atoms with Gasteiger partial charge in [-0.05, 0) is 6.08 Å². The number of methoxy groups -OCH3 is 1. The van der Waals surface area contributed by atoms with E-state index in [1.807, 2.05) is 4.90 Å². The van der Waals surface area contributed by atoms with Gasteiger partial charge in [-0.3, -0.25) is 24.1 Å². The summed E-state index contributed by atoms with van der Waals surface area (Å²) in [5, 5.41) is 2.80. The molecule has 0 radical (unpaired) electrons. The maximum Gasteiger partial charge on any atom is 0.373 e. The maximum atomic E-state index is 12.5. The van der Waals surface area contributed by atoms with E-state index in [1.54, 1.807) is 0 Å². The lowest BCUT2D eigenvalue weighted by molar-refractivity contribution is -0.189. The molecule has 0 spiro atoms. The van der Waals surface area contributed by atoms with Crippen LogP contribution in [-0.2, 0) is 52.4 Å². The van der Waals surface area contributed by atoms with Crippen LogP contribution in [0.2, 0.25) is 0 Å². The molecule has 0 aromatic rings. The highest BCUT2D eigenvalue weighted by molar-refractivity contribution is 5.86. The second kappa shape index (κ2) is 13.0. The van der Waals surface area contributed by atoms with Gasteiger partial charge in [0.2, 0.25) is 11.7 Å². The van der Waals surface area contributed by atoms with Crippen molar-refractivity contribution in [3.05, 3.63) is 11.8 Å². The zero-order chi connectivity index (χ0) is 26.1. The van der Waals surface area contributed by atoms with Gasteiger partial charge in [0.25, 0.3) is 0 Å². The van der Waals surface area contributed by atoms with Gasteiger partial charge in [0.05, 0.1) is 32.4 Å². The Morgan fingerprint density at radius 1 is 1.03 bits per heavy atom. The molecule has 2 aliphatic rings. The van der Waals surface area contributed by atoms with Crippen LogP contribution in [0.5, 0.6) is 0 Å². The van der Waals surface area contributed by atoms with Gasteiger partial charge in [-0.15, -0.1) is 0 Å². The van der Waals surface area contributed by atoms with E-state index in [0.717, 1.165) is 20.8 Å². The van der Waals surface area contributed by atoms with Crippen molar-refractivity contribution >= 4 is 29.8 Å². The summed E-state index contributed by atoms with van der Waals surface area (Å²) in [7, 11) is 1.18. The van der Waals surface area contributed by atoms with Crippen LogP contribution in [0.3, 0.4) is 0 Å². The van der Waals surface area contributed by atoms with E-state index in [-0.39, 0.29) is 5.76 Å². The lowest BCUT2D eigenvalue weighted by atomic mass is 9.90. The SMILES string of the molecule is COC(=O)C1=C[C@H](N2CCOCC2)[C@@H](NC(C)=O)[C@H]([C@H](OC(C)=O)[C@@H](COC(C)=O)OC(C)=O)O1. The quantitative estimate of drug-likeness (QED) is 0.307. The Labute approximate surface area is 203 Å². The van der Waals surface area contributed by atoms with E-state index in [4.69, 9.17) is 28.4 Å². The minimum absolute atomic E-state index is 0.179. The smallest absolute Gasteiger partial charge is 0.373 e. The third kappa shape index (κ3) is 8.21. The third-order valence-corrected chi connectivity index (χ3v) is 5.29. The van der Waals surface area contributed by atoms with E-state index in [2.05, 4.69) is 5.32 Å². The predicted molar refractivity (Wildman–Crippen MR) is 116 cm³/mol. The molecule has 1 amide bonds. The van der Waals surface area contributed by atoms with Crippen molar-refractivity contribution in [3.63, 3.8) is 0 Å². The van der Waals surface area contributed by atoms with Crippen LogP contribution in [0.4, 0.5) is 0 Å². The number of nitrogens with zero attached hydrogens (tertiary/aromatic N) is 1. The van der Waals surface area contributed by atoms with E-state index in [0.29, 0.717) is 26.3 Å². The van der Waals surface area contributed by atoms with Crippen LogP contribution in [0, 0.1) is 0 Å². The number of nitrogens with one attached hydrogen (secondary N) is 1. The number of ether oxygens (including phenoxy) is 6. The highest BCUT2D eigenvalue weighted by Crippen LogP contribution is 2.29.